The second-order valence-electron chi connectivity index (χ2n) is 5.56. The van der Waals surface area contributed by atoms with Crippen molar-refractivity contribution in [2.45, 2.75) is 20.3 Å². The first-order valence-electron chi connectivity index (χ1n) is 7.27. The van der Waals surface area contributed by atoms with Crippen molar-refractivity contribution in [3.8, 4) is 0 Å². The smallest absolute Gasteiger partial charge is 0.228 e. The fourth-order valence-electron chi connectivity index (χ4n) is 1.87. The van der Waals surface area contributed by atoms with Crippen molar-refractivity contribution < 1.29 is 4.79 Å². The van der Waals surface area contributed by atoms with Gasteiger partial charge in [-0.15, -0.1) is 0 Å². The number of amides is 1. The molecule has 0 saturated heterocycles. The Morgan fingerprint density at radius 1 is 1.18 bits per heavy atom. The van der Waals surface area contributed by atoms with E-state index in [1.807, 2.05) is 24.3 Å². The lowest BCUT2D eigenvalue weighted by molar-refractivity contribution is -0.115. The van der Waals surface area contributed by atoms with Crippen molar-refractivity contribution in [3.63, 3.8) is 0 Å². The Bertz CT molecular complexity index is 609. The largest absolute Gasteiger partial charge is 0.370 e. The fourth-order valence-corrected chi connectivity index (χ4v) is 2.00. The van der Waals surface area contributed by atoms with Gasteiger partial charge in [-0.25, -0.2) is 4.98 Å². The van der Waals surface area contributed by atoms with Crippen LogP contribution < -0.4 is 10.6 Å². The first kappa shape index (κ1) is 16.3. The summed E-state index contributed by atoms with van der Waals surface area (Å²) in [7, 11) is 0. The topological polar surface area (TPSA) is 54.0 Å². The summed E-state index contributed by atoms with van der Waals surface area (Å²) in [5.74, 6) is 1.29. The van der Waals surface area contributed by atoms with Crippen LogP contribution in [0.25, 0.3) is 0 Å². The van der Waals surface area contributed by atoms with Gasteiger partial charge < -0.3 is 10.6 Å². The van der Waals surface area contributed by atoms with E-state index in [2.05, 4.69) is 29.5 Å². The van der Waals surface area contributed by atoms with E-state index in [1.54, 1.807) is 18.3 Å². The van der Waals surface area contributed by atoms with Crippen molar-refractivity contribution in [1.82, 2.24) is 4.98 Å². The maximum Gasteiger partial charge on any atom is 0.228 e. The number of nitrogens with zero attached hydrogens (tertiary/aromatic N) is 1. The van der Waals surface area contributed by atoms with Gasteiger partial charge in [-0.3, -0.25) is 4.79 Å². The molecule has 0 unspecified atom stereocenters. The van der Waals surface area contributed by atoms with Crippen molar-refractivity contribution >= 4 is 29.0 Å². The van der Waals surface area contributed by atoms with Crippen LogP contribution in [0.15, 0.2) is 42.6 Å². The molecule has 1 aromatic carbocycles. The number of halogens is 1. The van der Waals surface area contributed by atoms with Gasteiger partial charge in [-0.2, -0.15) is 0 Å². The zero-order chi connectivity index (χ0) is 15.9. The van der Waals surface area contributed by atoms with Crippen LogP contribution in [0.1, 0.15) is 19.4 Å². The molecule has 0 fully saturated rings. The fraction of sp³-hybridized carbons (Fsp3) is 0.294. The van der Waals surface area contributed by atoms with Crippen molar-refractivity contribution in [1.29, 1.82) is 0 Å². The third kappa shape index (κ3) is 5.37. The highest BCUT2D eigenvalue weighted by Gasteiger charge is 2.05. The number of carbonyl (C=O) groups excluding carboxylic acids is 1. The van der Waals surface area contributed by atoms with Crippen molar-refractivity contribution in [2.24, 2.45) is 5.92 Å². The number of hydrogen-bond acceptors (Lipinski definition) is 3. The zero-order valence-electron chi connectivity index (χ0n) is 12.8. The van der Waals surface area contributed by atoms with E-state index < -0.39 is 0 Å². The molecule has 1 heterocycles. The molecule has 5 heteroatoms. The van der Waals surface area contributed by atoms with Crippen LogP contribution >= 0.6 is 11.6 Å². The summed E-state index contributed by atoms with van der Waals surface area (Å²) in [5, 5.41) is 6.73. The van der Waals surface area contributed by atoms with Crippen LogP contribution in [-0.2, 0) is 11.2 Å². The maximum atomic E-state index is 12.0. The monoisotopic (exact) mass is 317 g/mol. The summed E-state index contributed by atoms with van der Waals surface area (Å²) < 4.78 is 0. The van der Waals surface area contributed by atoms with E-state index >= 15 is 0 Å². The molecule has 0 aliphatic carbocycles. The predicted molar refractivity (Wildman–Crippen MR) is 91.4 cm³/mol. The Hall–Kier alpha value is -2.07. The highest BCUT2D eigenvalue weighted by Crippen LogP contribution is 2.13. The number of benzene rings is 1. The number of carbonyl (C=O) groups is 1. The summed E-state index contributed by atoms with van der Waals surface area (Å²) >= 11 is 5.82. The van der Waals surface area contributed by atoms with Gasteiger partial charge in [-0.05, 0) is 35.7 Å². The van der Waals surface area contributed by atoms with Crippen LogP contribution in [0.2, 0.25) is 5.02 Å². The van der Waals surface area contributed by atoms with Gasteiger partial charge in [0.2, 0.25) is 5.91 Å². The number of nitrogens with one attached hydrogen (secondary N) is 2. The van der Waals surface area contributed by atoms with Gasteiger partial charge in [0.1, 0.15) is 5.82 Å². The minimum absolute atomic E-state index is 0.0768. The average molecular weight is 318 g/mol. The summed E-state index contributed by atoms with van der Waals surface area (Å²) in [4.78, 5) is 16.3. The highest BCUT2D eigenvalue weighted by atomic mass is 35.5. The van der Waals surface area contributed by atoms with Crippen LogP contribution in [0.4, 0.5) is 11.5 Å². The van der Waals surface area contributed by atoms with E-state index in [0.29, 0.717) is 23.0 Å². The lowest BCUT2D eigenvalue weighted by Crippen LogP contribution is -2.15. The molecule has 0 aliphatic rings. The molecule has 1 amide bonds. The zero-order valence-corrected chi connectivity index (χ0v) is 13.5. The molecule has 22 heavy (non-hydrogen) atoms. The summed E-state index contributed by atoms with van der Waals surface area (Å²) in [6.07, 6.45) is 1.97. The summed E-state index contributed by atoms with van der Waals surface area (Å²) in [6.45, 7) is 5.14. The summed E-state index contributed by atoms with van der Waals surface area (Å²) in [6, 6.07) is 11.0. The number of rotatable bonds is 6. The molecule has 0 aliphatic heterocycles. The standard InChI is InChI=1S/C17H20ClN3O/c1-12(2)10-19-16-8-7-15(11-20-16)21-17(22)9-13-3-5-14(18)6-4-13/h3-8,11-12H,9-10H2,1-2H3,(H,19,20)(H,21,22). The Labute approximate surface area is 135 Å². The molecule has 4 nitrogen and oxygen atoms in total. The van der Waals surface area contributed by atoms with Crippen molar-refractivity contribution in [2.75, 3.05) is 17.2 Å². The van der Waals surface area contributed by atoms with E-state index in [-0.39, 0.29) is 5.91 Å². The first-order valence-corrected chi connectivity index (χ1v) is 7.65. The van der Waals surface area contributed by atoms with E-state index in [0.717, 1.165) is 17.9 Å². The maximum absolute atomic E-state index is 12.0. The number of aromatic nitrogens is 1. The molecule has 2 rings (SSSR count). The molecule has 1 aromatic heterocycles. The van der Waals surface area contributed by atoms with E-state index in [1.165, 1.54) is 0 Å². The van der Waals surface area contributed by atoms with Crippen molar-refractivity contribution in [3.05, 3.63) is 53.2 Å². The molecule has 116 valence electrons. The minimum Gasteiger partial charge on any atom is -0.370 e. The first-order chi connectivity index (χ1) is 10.5. The normalized spacial score (nSPS) is 10.5. The van der Waals surface area contributed by atoms with Crippen LogP contribution in [0.5, 0.6) is 0 Å². The number of anilines is 2. The quantitative estimate of drug-likeness (QED) is 0.847. The third-order valence-electron chi connectivity index (χ3n) is 3.02. The van der Waals surface area contributed by atoms with Gasteiger partial charge in [0.05, 0.1) is 18.3 Å². The molecule has 2 aromatic rings. The van der Waals surface area contributed by atoms with Crippen LogP contribution in [0, 0.1) is 5.92 Å². The molecular weight excluding hydrogens is 298 g/mol. The van der Waals surface area contributed by atoms with E-state index in [4.69, 9.17) is 11.6 Å². The number of hydrogen-bond donors (Lipinski definition) is 2. The molecule has 0 saturated carbocycles. The Morgan fingerprint density at radius 2 is 1.91 bits per heavy atom. The molecule has 0 radical (unpaired) electrons. The Morgan fingerprint density at radius 3 is 2.50 bits per heavy atom. The molecule has 0 atom stereocenters. The Balaban J connectivity index is 1.87. The van der Waals surface area contributed by atoms with Gasteiger partial charge in [0, 0.05) is 11.6 Å². The predicted octanol–water partition coefficient (Wildman–Crippen LogP) is 3.98. The van der Waals surface area contributed by atoms with Crippen LogP contribution in [0.3, 0.4) is 0 Å². The second kappa shape index (κ2) is 7.80. The minimum atomic E-state index is -0.0768. The van der Waals surface area contributed by atoms with E-state index in [9.17, 15) is 4.79 Å². The molecule has 0 bridgehead atoms. The molecular formula is C17H20ClN3O. The average Bonchev–Trinajstić information content (AvgIpc) is 2.49. The number of pyridine rings is 1. The molecule has 0 spiro atoms. The van der Waals surface area contributed by atoms with Gasteiger partial charge >= 0.3 is 0 Å². The lowest BCUT2D eigenvalue weighted by atomic mass is 10.1. The third-order valence-corrected chi connectivity index (χ3v) is 3.27. The van der Waals surface area contributed by atoms with Gasteiger partial charge in [0.15, 0.2) is 0 Å². The summed E-state index contributed by atoms with van der Waals surface area (Å²) in [5.41, 5.74) is 1.61. The van der Waals surface area contributed by atoms with Gasteiger partial charge in [-0.1, -0.05) is 37.6 Å². The highest BCUT2D eigenvalue weighted by molar-refractivity contribution is 6.30. The SMILES string of the molecule is CC(C)CNc1ccc(NC(=O)Cc2ccc(Cl)cc2)cn1. The second-order valence-corrected chi connectivity index (χ2v) is 5.99. The lowest BCUT2D eigenvalue weighted by Gasteiger charge is -2.09. The Kier molecular flexibility index (Phi) is 5.78. The van der Waals surface area contributed by atoms with Crippen LogP contribution in [-0.4, -0.2) is 17.4 Å². The van der Waals surface area contributed by atoms with Gasteiger partial charge in [0.25, 0.3) is 0 Å². The molecule has 2 N–H and O–H groups in total.